The van der Waals surface area contributed by atoms with Gasteiger partial charge in [-0.15, -0.1) is 0 Å². The van der Waals surface area contributed by atoms with Crippen molar-refractivity contribution in [1.82, 2.24) is 0 Å². The summed E-state index contributed by atoms with van der Waals surface area (Å²) in [5, 5.41) is 16.6. The summed E-state index contributed by atoms with van der Waals surface area (Å²) in [5.41, 5.74) is 0.895. The van der Waals surface area contributed by atoms with Gasteiger partial charge in [-0.1, -0.05) is 22.0 Å². The van der Waals surface area contributed by atoms with Crippen molar-refractivity contribution in [2.45, 2.75) is 11.8 Å². The van der Waals surface area contributed by atoms with Crippen molar-refractivity contribution in [3.63, 3.8) is 0 Å². The highest BCUT2D eigenvalue weighted by Gasteiger charge is 2.26. The van der Waals surface area contributed by atoms with Crippen molar-refractivity contribution in [2.75, 3.05) is 23.4 Å². The molecule has 0 bridgehead atoms. The van der Waals surface area contributed by atoms with Gasteiger partial charge in [0, 0.05) is 16.4 Å². The second kappa shape index (κ2) is 7.83. The van der Waals surface area contributed by atoms with Gasteiger partial charge in [0.2, 0.25) is 5.91 Å². The quantitative estimate of drug-likeness (QED) is 0.524. The third kappa shape index (κ3) is 4.79. The molecule has 2 aromatic rings. The lowest BCUT2D eigenvalue weighted by Gasteiger charge is -2.10. The van der Waals surface area contributed by atoms with E-state index in [1.165, 1.54) is 12.1 Å². The number of carbonyl (C=O) groups excluding carboxylic acids is 1. The fraction of sp³-hybridized carbons (Fsp3) is 0.188. The SMILES string of the molecule is Cc1cc(NC(=O)CNc2cccc(S(C)(=O)=O)c2[N+](=O)[O-])ccc1Br. The number of carbonyl (C=O) groups is 1. The smallest absolute Gasteiger partial charge is 0.310 e. The van der Waals surface area contributed by atoms with Crippen molar-refractivity contribution < 1.29 is 18.1 Å². The fourth-order valence-corrected chi connectivity index (χ4v) is 3.36. The number of benzene rings is 2. The van der Waals surface area contributed by atoms with Crippen LogP contribution in [0.5, 0.6) is 0 Å². The lowest BCUT2D eigenvalue weighted by atomic mass is 10.2. The maximum atomic E-state index is 12.1. The minimum absolute atomic E-state index is 0.0416. The molecule has 0 saturated carbocycles. The van der Waals surface area contributed by atoms with E-state index in [1.807, 2.05) is 6.92 Å². The highest BCUT2D eigenvalue weighted by molar-refractivity contribution is 9.10. The third-order valence-electron chi connectivity index (χ3n) is 3.46. The van der Waals surface area contributed by atoms with Crippen LogP contribution in [-0.2, 0) is 14.6 Å². The zero-order valence-electron chi connectivity index (χ0n) is 13.9. The fourth-order valence-electron chi connectivity index (χ4n) is 2.26. The largest absolute Gasteiger partial charge is 0.371 e. The number of amides is 1. The average Bonchev–Trinajstić information content (AvgIpc) is 2.55. The van der Waals surface area contributed by atoms with E-state index in [0.29, 0.717) is 5.69 Å². The number of nitrogens with one attached hydrogen (secondary N) is 2. The second-order valence-corrected chi connectivity index (χ2v) is 8.39. The lowest BCUT2D eigenvalue weighted by molar-refractivity contribution is -0.386. The number of hydrogen-bond acceptors (Lipinski definition) is 6. The Hall–Kier alpha value is -2.46. The molecule has 2 aromatic carbocycles. The summed E-state index contributed by atoms with van der Waals surface area (Å²) < 4.78 is 24.4. The van der Waals surface area contributed by atoms with E-state index >= 15 is 0 Å². The summed E-state index contributed by atoms with van der Waals surface area (Å²) in [6.45, 7) is 1.61. The molecular formula is C16H16BrN3O5S. The second-order valence-electron chi connectivity index (χ2n) is 5.55. The van der Waals surface area contributed by atoms with Crippen LogP contribution in [0.15, 0.2) is 45.8 Å². The van der Waals surface area contributed by atoms with Gasteiger partial charge in [0.1, 0.15) is 10.6 Å². The predicted molar refractivity (Wildman–Crippen MR) is 102 cm³/mol. The number of rotatable bonds is 6. The molecule has 2 N–H and O–H groups in total. The van der Waals surface area contributed by atoms with Crippen LogP contribution in [-0.4, -0.2) is 32.0 Å². The molecule has 10 heteroatoms. The van der Waals surface area contributed by atoms with Crippen LogP contribution in [0.4, 0.5) is 17.1 Å². The molecule has 1 amide bonds. The van der Waals surface area contributed by atoms with Crippen LogP contribution >= 0.6 is 15.9 Å². The van der Waals surface area contributed by atoms with E-state index in [1.54, 1.807) is 18.2 Å². The number of aryl methyl sites for hydroxylation is 1. The van der Waals surface area contributed by atoms with Crippen molar-refractivity contribution in [2.24, 2.45) is 0 Å². The summed E-state index contributed by atoms with van der Waals surface area (Å²) >= 11 is 3.36. The van der Waals surface area contributed by atoms with Gasteiger partial charge in [0.15, 0.2) is 9.84 Å². The number of anilines is 2. The molecular weight excluding hydrogens is 426 g/mol. The number of nitro benzene ring substituents is 1. The summed E-state index contributed by atoms with van der Waals surface area (Å²) in [5.74, 6) is -0.425. The Labute approximate surface area is 158 Å². The molecule has 138 valence electrons. The maximum Gasteiger partial charge on any atom is 0.310 e. The summed E-state index contributed by atoms with van der Waals surface area (Å²) in [4.78, 5) is 22.2. The number of para-hydroxylation sites is 1. The molecule has 8 nitrogen and oxygen atoms in total. The van der Waals surface area contributed by atoms with Crippen LogP contribution < -0.4 is 10.6 Å². The normalized spacial score (nSPS) is 11.0. The minimum Gasteiger partial charge on any atom is -0.371 e. The highest BCUT2D eigenvalue weighted by Crippen LogP contribution is 2.31. The van der Waals surface area contributed by atoms with Gasteiger partial charge in [0.25, 0.3) is 0 Å². The molecule has 26 heavy (non-hydrogen) atoms. The van der Waals surface area contributed by atoms with E-state index in [9.17, 15) is 23.3 Å². The molecule has 0 unspecified atom stereocenters. The van der Waals surface area contributed by atoms with Crippen LogP contribution in [0.3, 0.4) is 0 Å². The number of nitrogens with zero attached hydrogens (tertiary/aromatic N) is 1. The Morgan fingerprint density at radius 1 is 1.27 bits per heavy atom. The Morgan fingerprint density at radius 2 is 1.96 bits per heavy atom. The Morgan fingerprint density at radius 3 is 2.54 bits per heavy atom. The van der Waals surface area contributed by atoms with Gasteiger partial charge < -0.3 is 10.6 Å². The van der Waals surface area contributed by atoms with Crippen LogP contribution in [0, 0.1) is 17.0 Å². The predicted octanol–water partition coefficient (Wildman–Crippen LogP) is 3.12. The van der Waals surface area contributed by atoms with E-state index in [0.717, 1.165) is 22.4 Å². The molecule has 0 aliphatic rings. The first-order valence-electron chi connectivity index (χ1n) is 7.37. The first kappa shape index (κ1) is 19.9. The molecule has 0 radical (unpaired) electrons. The topological polar surface area (TPSA) is 118 Å². The lowest BCUT2D eigenvalue weighted by Crippen LogP contribution is -2.22. The van der Waals surface area contributed by atoms with Crippen molar-refractivity contribution >= 4 is 48.7 Å². The Bertz CT molecular complexity index is 976. The number of hydrogen-bond donors (Lipinski definition) is 2. The number of nitro groups is 1. The van der Waals surface area contributed by atoms with Crippen LogP contribution in [0.1, 0.15) is 5.56 Å². The van der Waals surface area contributed by atoms with Gasteiger partial charge in [-0.25, -0.2) is 8.42 Å². The molecule has 0 spiro atoms. The summed E-state index contributed by atoms with van der Waals surface area (Å²) in [7, 11) is -3.78. The van der Waals surface area contributed by atoms with Crippen molar-refractivity contribution in [3.05, 3.63) is 56.5 Å². The first-order valence-corrected chi connectivity index (χ1v) is 10.1. The van der Waals surface area contributed by atoms with Gasteiger partial charge in [-0.2, -0.15) is 0 Å². The number of halogens is 1. The maximum absolute atomic E-state index is 12.1. The molecule has 0 heterocycles. The molecule has 0 aromatic heterocycles. The van der Waals surface area contributed by atoms with Crippen molar-refractivity contribution in [3.8, 4) is 0 Å². The highest BCUT2D eigenvalue weighted by atomic mass is 79.9. The molecule has 0 atom stereocenters. The molecule has 0 aliphatic heterocycles. The molecule has 0 fully saturated rings. The van der Waals surface area contributed by atoms with Crippen molar-refractivity contribution in [1.29, 1.82) is 0 Å². The van der Waals surface area contributed by atoms with Crippen LogP contribution in [0.25, 0.3) is 0 Å². The van der Waals surface area contributed by atoms with Gasteiger partial charge in [-0.05, 0) is 42.8 Å². The minimum atomic E-state index is -3.78. The zero-order valence-corrected chi connectivity index (χ0v) is 16.3. The zero-order chi connectivity index (χ0) is 19.5. The average molecular weight is 442 g/mol. The number of sulfone groups is 1. The van der Waals surface area contributed by atoms with E-state index in [-0.39, 0.29) is 12.2 Å². The van der Waals surface area contributed by atoms with Gasteiger partial charge in [0.05, 0.1) is 11.5 Å². The van der Waals surface area contributed by atoms with E-state index in [2.05, 4.69) is 26.6 Å². The first-order chi connectivity index (χ1) is 12.1. The van der Waals surface area contributed by atoms with Gasteiger partial charge >= 0.3 is 5.69 Å². The standard InChI is InChI=1S/C16H16BrN3O5S/c1-10-8-11(6-7-12(10)17)19-15(21)9-18-13-4-3-5-14(26(2,24)25)16(13)20(22)23/h3-8,18H,9H2,1-2H3,(H,19,21). The molecule has 2 rings (SSSR count). The molecule has 0 saturated heterocycles. The third-order valence-corrected chi connectivity index (χ3v) is 5.48. The van der Waals surface area contributed by atoms with E-state index < -0.39 is 31.3 Å². The van der Waals surface area contributed by atoms with E-state index in [4.69, 9.17) is 0 Å². The Balaban J connectivity index is 2.17. The monoisotopic (exact) mass is 441 g/mol. The van der Waals surface area contributed by atoms with Crippen LogP contribution in [0.2, 0.25) is 0 Å². The summed E-state index contributed by atoms with van der Waals surface area (Å²) in [6, 6.07) is 9.16. The molecule has 0 aliphatic carbocycles. The summed E-state index contributed by atoms with van der Waals surface area (Å²) in [6.07, 6.45) is 0.891. The van der Waals surface area contributed by atoms with Gasteiger partial charge in [-0.3, -0.25) is 14.9 Å². The Kier molecular flexibility index (Phi) is 5.98.